The monoisotopic (exact) mass is 294 g/mol. The van der Waals surface area contributed by atoms with E-state index >= 15 is 0 Å². The molecule has 2 rings (SSSR count). The molecule has 0 heterocycles. The largest absolute Gasteiger partial charge is 0.478 e. The minimum Gasteiger partial charge on any atom is -0.478 e. The number of hydrogen-bond acceptors (Lipinski definition) is 3. The van der Waals surface area contributed by atoms with Crippen molar-refractivity contribution in [3.63, 3.8) is 0 Å². The Morgan fingerprint density at radius 3 is 1.95 bits per heavy atom. The zero-order valence-electron chi connectivity index (χ0n) is 10.2. The van der Waals surface area contributed by atoms with Gasteiger partial charge in [0.1, 0.15) is 0 Å². The minimum atomic E-state index is -4.50. The molecule has 0 spiro atoms. The maximum absolute atomic E-state index is 13.2. The molecule has 0 aliphatic carbocycles. The van der Waals surface area contributed by atoms with Gasteiger partial charge >= 0.3 is 11.5 Å². The smallest absolute Gasteiger partial charge is 0.354 e. The Hall–Kier alpha value is -2.21. The van der Waals surface area contributed by atoms with Crippen LogP contribution in [-0.4, -0.2) is 25.0 Å². The average molecular weight is 294 g/mol. The van der Waals surface area contributed by atoms with Gasteiger partial charge in [-0.2, -0.15) is 0 Å². The zero-order valence-corrected chi connectivity index (χ0v) is 11.0. The second-order valence-corrected chi connectivity index (χ2v) is 6.06. The Morgan fingerprint density at radius 1 is 0.950 bits per heavy atom. The van der Waals surface area contributed by atoms with Gasteiger partial charge in [0, 0.05) is 0 Å². The van der Waals surface area contributed by atoms with E-state index in [1.54, 1.807) is 0 Å². The summed E-state index contributed by atoms with van der Waals surface area (Å²) in [5.74, 6) is -2.02. The summed E-state index contributed by atoms with van der Waals surface area (Å²) in [6.45, 7) is 0. The highest BCUT2D eigenvalue weighted by atomic mass is 32.2. The number of halogens is 1. The quantitative estimate of drug-likeness (QED) is 0.940. The molecule has 0 unspecified atom stereocenters. The van der Waals surface area contributed by atoms with Gasteiger partial charge in [-0.15, -0.1) is 0 Å². The lowest BCUT2D eigenvalue weighted by Crippen LogP contribution is -2.25. The summed E-state index contributed by atoms with van der Waals surface area (Å²) in [4.78, 5) is 10.1. The van der Waals surface area contributed by atoms with Crippen LogP contribution < -0.4 is 0 Å². The summed E-state index contributed by atoms with van der Waals surface area (Å²) in [6.07, 6.45) is 0. The molecule has 4 nitrogen and oxygen atoms in total. The Balaban J connectivity index is 2.36. The Bertz CT molecular complexity index is 709. The highest BCUT2D eigenvalue weighted by molar-refractivity contribution is 7.92. The number of hydrogen-bond donors (Lipinski definition) is 1. The maximum atomic E-state index is 13.2. The number of carbonyl (C=O) groups is 1. The molecule has 104 valence electrons. The van der Waals surface area contributed by atoms with E-state index in [4.69, 9.17) is 5.11 Å². The van der Waals surface area contributed by atoms with Crippen LogP contribution in [0.5, 0.6) is 0 Å². The first kappa shape index (κ1) is 14.2. The van der Waals surface area contributed by atoms with Crippen molar-refractivity contribution in [1.29, 1.82) is 0 Å². The van der Waals surface area contributed by atoms with Crippen LogP contribution in [0.25, 0.3) is 11.1 Å². The molecule has 1 atom stereocenters. The highest BCUT2D eigenvalue weighted by Crippen LogP contribution is 2.23. The second-order valence-electron chi connectivity index (χ2n) is 4.09. The molecule has 0 bridgehead atoms. The lowest BCUT2D eigenvalue weighted by molar-refractivity contribution is -0.139. The number of aliphatic carboxylic acids is 1. The number of carboxylic acids is 1. The summed E-state index contributed by atoms with van der Waals surface area (Å²) in [7, 11) is -4.50. The standard InChI is InChI=1S/C14H11FO4S/c15-13(14(16)17)20(18,19)12-8-6-11(7-9-12)10-4-2-1-3-5-10/h1-9,13H,(H,16,17)/t13-/m0/s1. The van der Waals surface area contributed by atoms with Gasteiger partial charge in [-0.25, -0.2) is 17.6 Å². The fraction of sp³-hybridized carbons (Fsp3) is 0.0714. The van der Waals surface area contributed by atoms with Crippen LogP contribution in [-0.2, 0) is 14.6 Å². The van der Waals surface area contributed by atoms with Crippen molar-refractivity contribution in [2.24, 2.45) is 0 Å². The highest BCUT2D eigenvalue weighted by Gasteiger charge is 2.33. The van der Waals surface area contributed by atoms with Gasteiger partial charge in [-0.05, 0) is 23.3 Å². The number of alkyl halides is 1. The summed E-state index contributed by atoms with van der Waals surface area (Å²) in [5.41, 5.74) is -1.31. The Kier molecular flexibility index (Phi) is 3.85. The fourth-order valence-electron chi connectivity index (χ4n) is 1.72. The van der Waals surface area contributed by atoms with E-state index in [2.05, 4.69) is 0 Å². The van der Waals surface area contributed by atoms with Crippen molar-refractivity contribution in [2.75, 3.05) is 0 Å². The van der Waals surface area contributed by atoms with Crippen molar-refractivity contribution in [3.05, 3.63) is 54.6 Å². The van der Waals surface area contributed by atoms with Crippen LogP contribution >= 0.6 is 0 Å². The average Bonchev–Trinajstić information content (AvgIpc) is 2.47. The van der Waals surface area contributed by atoms with E-state index in [0.29, 0.717) is 0 Å². The topological polar surface area (TPSA) is 71.4 Å². The van der Waals surface area contributed by atoms with Crippen LogP contribution in [0.4, 0.5) is 4.39 Å². The third-order valence-electron chi connectivity index (χ3n) is 2.76. The molecule has 1 N–H and O–H groups in total. The van der Waals surface area contributed by atoms with Gasteiger partial charge in [-0.3, -0.25) is 0 Å². The number of carboxylic acid groups (broad SMARTS) is 1. The predicted molar refractivity (Wildman–Crippen MR) is 71.6 cm³/mol. The number of benzene rings is 2. The lowest BCUT2D eigenvalue weighted by atomic mass is 10.1. The molecular formula is C14H11FO4S. The maximum Gasteiger partial charge on any atom is 0.354 e. The minimum absolute atomic E-state index is 0.355. The molecule has 0 aliphatic rings. The molecule has 20 heavy (non-hydrogen) atoms. The van der Waals surface area contributed by atoms with E-state index in [1.165, 1.54) is 24.3 Å². The molecule has 0 saturated heterocycles. The van der Waals surface area contributed by atoms with Crippen LogP contribution in [0.3, 0.4) is 0 Å². The molecular weight excluding hydrogens is 283 g/mol. The molecule has 0 radical (unpaired) electrons. The second kappa shape index (κ2) is 5.42. The van der Waals surface area contributed by atoms with Crippen LogP contribution in [0.1, 0.15) is 0 Å². The Labute approximate surface area is 115 Å². The number of sulfone groups is 1. The van der Waals surface area contributed by atoms with Crippen molar-refractivity contribution in [1.82, 2.24) is 0 Å². The van der Waals surface area contributed by atoms with Gasteiger partial charge in [0.15, 0.2) is 0 Å². The SMILES string of the molecule is O=C(O)[C@@H](F)S(=O)(=O)c1ccc(-c2ccccc2)cc1. The van der Waals surface area contributed by atoms with E-state index < -0.39 is 21.3 Å². The molecule has 2 aromatic carbocycles. The predicted octanol–water partition coefficient (Wildman–Crippen LogP) is 2.51. The fourth-order valence-corrected chi connectivity index (χ4v) is 2.74. The van der Waals surface area contributed by atoms with Crippen molar-refractivity contribution in [2.45, 2.75) is 10.4 Å². The van der Waals surface area contributed by atoms with Crippen molar-refractivity contribution >= 4 is 15.8 Å². The van der Waals surface area contributed by atoms with E-state index in [9.17, 15) is 17.6 Å². The molecule has 0 saturated carbocycles. The van der Waals surface area contributed by atoms with E-state index in [0.717, 1.165) is 11.1 Å². The Morgan fingerprint density at radius 2 is 1.45 bits per heavy atom. The molecule has 0 fully saturated rings. The molecule has 2 aromatic rings. The summed E-state index contributed by atoms with van der Waals surface area (Å²) in [5, 5.41) is 8.46. The van der Waals surface area contributed by atoms with Crippen molar-refractivity contribution in [3.8, 4) is 11.1 Å². The summed E-state index contributed by atoms with van der Waals surface area (Å²) < 4.78 is 36.6. The van der Waals surface area contributed by atoms with E-state index in [-0.39, 0.29) is 4.90 Å². The third-order valence-corrected chi connectivity index (χ3v) is 4.43. The van der Waals surface area contributed by atoms with Gasteiger partial charge < -0.3 is 5.11 Å². The normalized spacial score (nSPS) is 12.8. The molecule has 6 heteroatoms. The zero-order chi connectivity index (χ0) is 14.8. The van der Waals surface area contributed by atoms with Crippen LogP contribution in [0.2, 0.25) is 0 Å². The van der Waals surface area contributed by atoms with Crippen molar-refractivity contribution < 1.29 is 22.7 Å². The summed E-state index contributed by atoms with van der Waals surface area (Å²) >= 11 is 0. The molecule has 0 aromatic heterocycles. The molecule has 0 aliphatic heterocycles. The molecule has 0 amide bonds. The van der Waals surface area contributed by atoms with Gasteiger partial charge in [0.05, 0.1) is 4.90 Å². The summed E-state index contributed by atoms with van der Waals surface area (Å²) in [6, 6.07) is 14.6. The third kappa shape index (κ3) is 2.70. The first-order valence-electron chi connectivity index (χ1n) is 5.69. The lowest BCUT2D eigenvalue weighted by Gasteiger charge is -2.07. The van der Waals surface area contributed by atoms with E-state index in [1.807, 2.05) is 30.3 Å². The first-order valence-corrected chi connectivity index (χ1v) is 7.24. The van der Waals surface area contributed by atoms with Crippen LogP contribution in [0.15, 0.2) is 59.5 Å². The van der Waals surface area contributed by atoms with Gasteiger partial charge in [0.2, 0.25) is 9.84 Å². The first-order chi connectivity index (χ1) is 9.43. The van der Waals surface area contributed by atoms with Gasteiger partial charge in [0.25, 0.3) is 0 Å². The number of rotatable bonds is 4. The van der Waals surface area contributed by atoms with Crippen LogP contribution in [0, 0.1) is 0 Å². The van der Waals surface area contributed by atoms with Gasteiger partial charge in [-0.1, -0.05) is 42.5 Å².